The van der Waals surface area contributed by atoms with Crippen molar-refractivity contribution >= 4 is 17.5 Å². The lowest BCUT2D eigenvalue weighted by molar-refractivity contribution is -0.178. The third kappa shape index (κ3) is 1.37. The first-order valence-electron chi connectivity index (χ1n) is 8.40. The van der Waals surface area contributed by atoms with Gasteiger partial charge in [0.15, 0.2) is 5.78 Å². The fourth-order valence-electron chi connectivity index (χ4n) is 6.16. The van der Waals surface area contributed by atoms with Gasteiger partial charge < -0.3 is 5.11 Å². The van der Waals surface area contributed by atoms with E-state index in [9.17, 15) is 19.5 Å². The number of aliphatic carboxylic acids is 1. The lowest BCUT2D eigenvalue weighted by Gasteiger charge is -2.51. The highest BCUT2D eigenvalue weighted by Crippen LogP contribution is 2.62. The van der Waals surface area contributed by atoms with Crippen LogP contribution in [0.3, 0.4) is 0 Å². The van der Waals surface area contributed by atoms with Crippen LogP contribution in [0, 0.1) is 46.8 Å². The fourth-order valence-corrected chi connectivity index (χ4v) is 6.16. The molecule has 4 nitrogen and oxygen atoms in total. The van der Waals surface area contributed by atoms with E-state index in [1.54, 1.807) is 6.92 Å². The van der Waals surface area contributed by atoms with Crippen molar-refractivity contribution < 1.29 is 19.5 Å². The maximum atomic E-state index is 13.3. The van der Waals surface area contributed by atoms with Crippen molar-refractivity contribution in [2.45, 2.75) is 33.1 Å². The van der Waals surface area contributed by atoms with E-state index in [0.29, 0.717) is 5.92 Å². The number of rotatable bonds is 1. The number of Topliss-reactive ketones (excluding diaryl/α,β-unsaturated/α-hetero) is 2. The molecule has 0 aromatic heterocycles. The van der Waals surface area contributed by atoms with E-state index in [1.807, 2.05) is 19.1 Å². The molecule has 0 aromatic rings. The molecule has 0 amide bonds. The Morgan fingerprint density at radius 1 is 1.14 bits per heavy atom. The number of carbonyl (C=O) groups excluding carboxylic acids is 2. The molecule has 118 valence electrons. The molecule has 0 saturated heterocycles. The zero-order valence-corrected chi connectivity index (χ0v) is 13.0. The van der Waals surface area contributed by atoms with Crippen LogP contribution in [0.2, 0.25) is 0 Å². The fraction of sp³-hybridized carbons (Fsp3) is 0.722. The Kier molecular flexibility index (Phi) is 2.77. The van der Waals surface area contributed by atoms with Gasteiger partial charge in [-0.1, -0.05) is 26.0 Å². The zero-order chi connectivity index (χ0) is 15.8. The number of ketones is 2. The molecule has 3 saturated carbocycles. The molecule has 22 heavy (non-hydrogen) atoms. The van der Waals surface area contributed by atoms with Gasteiger partial charge in [0.1, 0.15) is 11.2 Å². The second kappa shape index (κ2) is 4.30. The summed E-state index contributed by atoms with van der Waals surface area (Å²) in [5, 5.41) is 9.98. The summed E-state index contributed by atoms with van der Waals surface area (Å²) in [4.78, 5) is 38.7. The van der Waals surface area contributed by atoms with Crippen molar-refractivity contribution in [2.75, 3.05) is 0 Å². The number of hydrogen-bond acceptors (Lipinski definition) is 3. The number of hydrogen-bond donors (Lipinski definition) is 1. The minimum Gasteiger partial charge on any atom is -0.480 e. The molecule has 0 radical (unpaired) electrons. The molecule has 0 aromatic carbocycles. The summed E-state index contributed by atoms with van der Waals surface area (Å²) in [7, 11) is 0. The normalized spacial score (nSPS) is 52.5. The first-order valence-corrected chi connectivity index (χ1v) is 8.40. The molecule has 0 heterocycles. The summed E-state index contributed by atoms with van der Waals surface area (Å²) in [6.07, 6.45) is 6.69. The smallest absolute Gasteiger partial charge is 0.318 e. The number of carbonyl (C=O) groups is 3. The number of carboxylic acid groups (broad SMARTS) is 1. The first kappa shape index (κ1) is 14.2. The van der Waals surface area contributed by atoms with Gasteiger partial charge in [-0.15, -0.1) is 0 Å². The summed E-state index contributed by atoms with van der Waals surface area (Å²) in [5.74, 6) is -2.45. The summed E-state index contributed by atoms with van der Waals surface area (Å²) < 4.78 is 0. The first-order chi connectivity index (χ1) is 10.4. The monoisotopic (exact) mass is 302 g/mol. The van der Waals surface area contributed by atoms with Gasteiger partial charge in [0, 0.05) is 17.8 Å². The van der Waals surface area contributed by atoms with Crippen molar-refractivity contribution in [2.24, 2.45) is 46.8 Å². The van der Waals surface area contributed by atoms with Crippen LogP contribution in [-0.2, 0) is 14.4 Å². The van der Waals surface area contributed by atoms with Crippen molar-refractivity contribution in [3.05, 3.63) is 12.2 Å². The van der Waals surface area contributed by atoms with Crippen LogP contribution >= 0.6 is 0 Å². The summed E-state index contributed by atoms with van der Waals surface area (Å²) in [6, 6.07) is 0. The Hall–Kier alpha value is -1.45. The van der Waals surface area contributed by atoms with E-state index in [4.69, 9.17) is 0 Å². The third-order valence-corrected chi connectivity index (χ3v) is 7.05. The third-order valence-electron chi connectivity index (χ3n) is 7.05. The van der Waals surface area contributed by atoms with Crippen LogP contribution in [0.1, 0.15) is 33.1 Å². The van der Waals surface area contributed by atoms with Crippen molar-refractivity contribution in [1.82, 2.24) is 0 Å². The summed E-state index contributed by atoms with van der Waals surface area (Å²) >= 11 is 0. The lowest BCUT2D eigenvalue weighted by Crippen LogP contribution is -2.64. The minimum absolute atomic E-state index is 0.0582. The molecule has 4 rings (SSSR count). The molecule has 0 spiro atoms. The van der Waals surface area contributed by atoms with E-state index in [2.05, 4.69) is 0 Å². The second-order valence-electron chi connectivity index (χ2n) is 7.84. The topological polar surface area (TPSA) is 71.4 Å². The molecule has 4 heteroatoms. The van der Waals surface area contributed by atoms with Crippen LogP contribution in [0.4, 0.5) is 0 Å². The van der Waals surface area contributed by atoms with E-state index >= 15 is 0 Å². The van der Waals surface area contributed by atoms with Crippen molar-refractivity contribution in [3.63, 3.8) is 0 Å². The van der Waals surface area contributed by atoms with Gasteiger partial charge >= 0.3 is 5.97 Å². The van der Waals surface area contributed by atoms with Crippen LogP contribution in [-0.4, -0.2) is 22.6 Å². The van der Waals surface area contributed by atoms with Gasteiger partial charge in [0.2, 0.25) is 0 Å². The molecular weight excluding hydrogens is 280 g/mol. The number of allylic oxidation sites excluding steroid dienone is 2. The average Bonchev–Trinajstić information content (AvgIpc) is 3.07. The molecule has 2 bridgehead atoms. The standard InChI is InChI=1S/C18H22O4/c1-8-3-4-9(2)18(17(21)22)14(8)15(19)12-10-5-6-11(7-10)13(12)16(18)20/h3-4,8-14H,5-7H2,1-2H3,(H,21,22)/t8-,9+,10-,11+,12?,13?,14-,18-/m0/s1. The van der Waals surface area contributed by atoms with Crippen molar-refractivity contribution in [1.29, 1.82) is 0 Å². The van der Waals surface area contributed by atoms with E-state index in [-0.39, 0.29) is 35.2 Å². The zero-order valence-electron chi connectivity index (χ0n) is 13.0. The van der Waals surface area contributed by atoms with Crippen LogP contribution < -0.4 is 0 Å². The summed E-state index contributed by atoms with van der Waals surface area (Å²) in [5.41, 5.74) is -1.53. The highest BCUT2D eigenvalue weighted by atomic mass is 16.4. The number of carboxylic acids is 1. The van der Waals surface area contributed by atoms with E-state index in [0.717, 1.165) is 19.3 Å². The van der Waals surface area contributed by atoms with Gasteiger partial charge in [-0.25, -0.2) is 0 Å². The SMILES string of the molecule is C[C@@H]1C=C[C@H](C)[C@H]2C(=O)C3C(C(=O)[C@]12C(=O)O)[C@@H]1CC[C@H]3C1. The second-order valence-corrected chi connectivity index (χ2v) is 7.84. The maximum absolute atomic E-state index is 13.3. The molecule has 0 aliphatic heterocycles. The quantitative estimate of drug-likeness (QED) is 0.596. The summed E-state index contributed by atoms with van der Waals surface area (Å²) in [6.45, 7) is 3.66. The maximum Gasteiger partial charge on any atom is 0.318 e. The molecule has 3 fully saturated rings. The Balaban J connectivity index is 1.92. The average molecular weight is 302 g/mol. The van der Waals surface area contributed by atoms with Gasteiger partial charge in [-0.2, -0.15) is 0 Å². The largest absolute Gasteiger partial charge is 0.480 e. The molecule has 4 aliphatic carbocycles. The predicted octanol–water partition coefficient (Wildman–Crippen LogP) is 2.33. The van der Waals surface area contributed by atoms with Crippen molar-refractivity contribution in [3.8, 4) is 0 Å². The van der Waals surface area contributed by atoms with Gasteiger partial charge in [-0.05, 0) is 42.9 Å². The van der Waals surface area contributed by atoms with Gasteiger partial charge in [0.25, 0.3) is 0 Å². The van der Waals surface area contributed by atoms with E-state index < -0.39 is 23.2 Å². The molecule has 2 unspecified atom stereocenters. The Labute approximate surface area is 130 Å². The molecule has 1 N–H and O–H groups in total. The molecular formula is C18H22O4. The van der Waals surface area contributed by atoms with Gasteiger partial charge in [0.05, 0.1) is 0 Å². The lowest BCUT2D eigenvalue weighted by atomic mass is 9.47. The highest BCUT2D eigenvalue weighted by molar-refractivity contribution is 6.14. The van der Waals surface area contributed by atoms with E-state index in [1.165, 1.54) is 0 Å². The van der Waals surface area contributed by atoms with Crippen LogP contribution in [0.5, 0.6) is 0 Å². The van der Waals surface area contributed by atoms with Crippen LogP contribution in [0.25, 0.3) is 0 Å². The molecule has 4 aliphatic rings. The Bertz CT molecular complexity index is 606. The predicted molar refractivity (Wildman–Crippen MR) is 78.9 cm³/mol. The Morgan fingerprint density at radius 3 is 2.41 bits per heavy atom. The Morgan fingerprint density at radius 2 is 1.77 bits per heavy atom. The van der Waals surface area contributed by atoms with Crippen LogP contribution in [0.15, 0.2) is 12.2 Å². The highest BCUT2D eigenvalue weighted by Gasteiger charge is 2.71. The minimum atomic E-state index is -1.53. The van der Waals surface area contributed by atoms with Gasteiger partial charge in [-0.3, -0.25) is 14.4 Å². The number of fused-ring (bicyclic) bond motifs is 6. The molecule has 8 atom stereocenters.